The second kappa shape index (κ2) is 5.61. The molecule has 0 aliphatic heterocycles. The van der Waals surface area contributed by atoms with Gasteiger partial charge in [-0.25, -0.2) is 0 Å². The first kappa shape index (κ1) is 13.2. The van der Waals surface area contributed by atoms with Crippen LogP contribution in [0.15, 0.2) is 18.2 Å². The van der Waals surface area contributed by atoms with Crippen molar-refractivity contribution in [3.05, 3.63) is 28.8 Å². The van der Waals surface area contributed by atoms with E-state index in [9.17, 15) is 4.79 Å². The summed E-state index contributed by atoms with van der Waals surface area (Å²) in [6.45, 7) is 1.97. The van der Waals surface area contributed by atoms with Crippen LogP contribution in [0.3, 0.4) is 0 Å². The Balaban J connectivity index is 2.05. The summed E-state index contributed by atoms with van der Waals surface area (Å²) in [6, 6.07) is 6.00. The number of rotatable bonds is 3. The van der Waals surface area contributed by atoms with E-state index in [0.29, 0.717) is 6.42 Å². The molecule has 2 N–H and O–H groups in total. The van der Waals surface area contributed by atoms with Crippen molar-refractivity contribution in [3.8, 4) is 0 Å². The Morgan fingerprint density at radius 3 is 2.94 bits per heavy atom. The second-order valence-electron chi connectivity index (χ2n) is 4.96. The van der Waals surface area contributed by atoms with Crippen LogP contribution in [0.2, 0.25) is 5.02 Å². The van der Waals surface area contributed by atoms with Crippen molar-refractivity contribution < 1.29 is 9.90 Å². The summed E-state index contributed by atoms with van der Waals surface area (Å²) in [5.41, 5.74) is 2.04. The van der Waals surface area contributed by atoms with Gasteiger partial charge in [-0.15, -0.1) is 0 Å². The highest BCUT2D eigenvalue weighted by molar-refractivity contribution is 6.31. The van der Waals surface area contributed by atoms with E-state index in [0.717, 1.165) is 35.5 Å². The van der Waals surface area contributed by atoms with Crippen LogP contribution >= 0.6 is 11.6 Å². The van der Waals surface area contributed by atoms with Crippen LogP contribution in [0.1, 0.15) is 31.2 Å². The number of halogens is 1. The summed E-state index contributed by atoms with van der Waals surface area (Å²) < 4.78 is 0. The van der Waals surface area contributed by atoms with Gasteiger partial charge >= 0.3 is 5.97 Å². The van der Waals surface area contributed by atoms with Gasteiger partial charge in [-0.2, -0.15) is 0 Å². The van der Waals surface area contributed by atoms with E-state index in [4.69, 9.17) is 16.7 Å². The van der Waals surface area contributed by atoms with Gasteiger partial charge in [0.2, 0.25) is 0 Å². The van der Waals surface area contributed by atoms with E-state index in [1.54, 1.807) is 0 Å². The van der Waals surface area contributed by atoms with E-state index < -0.39 is 5.97 Å². The summed E-state index contributed by atoms with van der Waals surface area (Å²) in [4.78, 5) is 11.0. The van der Waals surface area contributed by atoms with Crippen LogP contribution in [-0.4, -0.2) is 17.1 Å². The lowest BCUT2D eigenvalue weighted by Gasteiger charge is -2.28. The van der Waals surface area contributed by atoms with Crippen molar-refractivity contribution >= 4 is 23.3 Å². The van der Waals surface area contributed by atoms with Crippen LogP contribution in [0.25, 0.3) is 0 Å². The Morgan fingerprint density at radius 2 is 2.22 bits per heavy atom. The maximum Gasteiger partial charge on any atom is 0.306 e. The van der Waals surface area contributed by atoms with Gasteiger partial charge in [-0.05, 0) is 43.9 Å². The fourth-order valence-corrected chi connectivity index (χ4v) is 2.70. The number of anilines is 1. The van der Waals surface area contributed by atoms with Crippen molar-refractivity contribution in [2.45, 2.75) is 38.6 Å². The molecule has 0 heterocycles. The molecule has 0 bridgehead atoms. The quantitative estimate of drug-likeness (QED) is 0.878. The number of nitrogens with one attached hydrogen (secondary N) is 1. The first-order valence-corrected chi connectivity index (χ1v) is 6.70. The van der Waals surface area contributed by atoms with Gasteiger partial charge in [-0.3, -0.25) is 4.79 Å². The number of carbonyl (C=O) groups is 1. The molecule has 3 nitrogen and oxygen atoms in total. The minimum Gasteiger partial charge on any atom is -0.481 e. The van der Waals surface area contributed by atoms with Gasteiger partial charge in [0.25, 0.3) is 0 Å². The van der Waals surface area contributed by atoms with Crippen LogP contribution in [0.4, 0.5) is 5.69 Å². The molecule has 98 valence electrons. The smallest absolute Gasteiger partial charge is 0.306 e. The third kappa shape index (κ3) is 2.96. The predicted octanol–water partition coefficient (Wildman–Crippen LogP) is 3.70. The SMILES string of the molecule is Cc1c(Cl)cccc1NC1CCCC(C(=O)O)C1. The predicted molar refractivity (Wildman–Crippen MR) is 73.2 cm³/mol. The molecule has 0 aromatic heterocycles. The van der Waals surface area contributed by atoms with E-state index in [-0.39, 0.29) is 12.0 Å². The number of carboxylic acid groups (broad SMARTS) is 1. The topological polar surface area (TPSA) is 49.3 Å². The minimum absolute atomic E-state index is 0.212. The fraction of sp³-hybridized carbons (Fsp3) is 0.500. The van der Waals surface area contributed by atoms with Crippen molar-refractivity contribution in [3.63, 3.8) is 0 Å². The zero-order chi connectivity index (χ0) is 13.1. The molecule has 2 atom stereocenters. The summed E-state index contributed by atoms with van der Waals surface area (Å²) in [5.74, 6) is -0.889. The largest absolute Gasteiger partial charge is 0.481 e. The van der Waals surface area contributed by atoms with Crippen molar-refractivity contribution in [2.24, 2.45) is 5.92 Å². The third-order valence-electron chi connectivity index (χ3n) is 3.65. The standard InChI is InChI=1S/C14H18ClNO2/c1-9-12(15)6-3-7-13(9)16-11-5-2-4-10(8-11)14(17)18/h3,6-7,10-11,16H,2,4-5,8H2,1H3,(H,17,18). The maximum absolute atomic E-state index is 11.0. The molecule has 1 aromatic carbocycles. The van der Waals surface area contributed by atoms with Gasteiger partial charge in [0.05, 0.1) is 5.92 Å². The second-order valence-corrected chi connectivity index (χ2v) is 5.36. The van der Waals surface area contributed by atoms with Crippen LogP contribution in [-0.2, 0) is 4.79 Å². The van der Waals surface area contributed by atoms with E-state index in [1.165, 1.54) is 0 Å². The highest BCUT2D eigenvalue weighted by Gasteiger charge is 2.27. The van der Waals surface area contributed by atoms with Crippen molar-refractivity contribution in [1.82, 2.24) is 0 Å². The summed E-state index contributed by atoms with van der Waals surface area (Å²) >= 11 is 6.08. The third-order valence-corrected chi connectivity index (χ3v) is 4.06. The molecule has 1 aliphatic carbocycles. The average molecular weight is 268 g/mol. The lowest BCUT2D eigenvalue weighted by Crippen LogP contribution is -2.31. The molecule has 1 fully saturated rings. The molecule has 0 spiro atoms. The molecule has 4 heteroatoms. The maximum atomic E-state index is 11.0. The van der Waals surface area contributed by atoms with Gasteiger partial charge in [0, 0.05) is 16.8 Å². The first-order chi connectivity index (χ1) is 8.58. The molecular formula is C14H18ClNO2. The van der Waals surface area contributed by atoms with E-state index in [2.05, 4.69) is 5.32 Å². The Labute approximate surface area is 112 Å². The first-order valence-electron chi connectivity index (χ1n) is 6.32. The number of benzene rings is 1. The number of aliphatic carboxylic acids is 1. The Morgan fingerprint density at radius 1 is 1.44 bits per heavy atom. The lowest BCUT2D eigenvalue weighted by atomic mass is 9.85. The minimum atomic E-state index is -0.677. The molecule has 2 rings (SSSR count). The van der Waals surface area contributed by atoms with Crippen molar-refractivity contribution in [2.75, 3.05) is 5.32 Å². The molecule has 2 unspecified atom stereocenters. The molecule has 0 radical (unpaired) electrons. The van der Waals surface area contributed by atoms with Gasteiger partial charge < -0.3 is 10.4 Å². The zero-order valence-corrected chi connectivity index (χ0v) is 11.2. The van der Waals surface area contributed by atoms with E-state index >= 15 is 0 Å². The normalized spacial score (nSPS) is 23.7. The highest BCUT2D eigenvalue weighted by Crippen LogP contribution is 2.29. The molecule has 1 saturated carbocycles. The molecule has 0 amide bonds. The summed E-state index contributed by atoms with van der Waals surface area (Å²) in [6.07, 6.45) is 3.48. The molecule has 0 saturated heterocycles. The summed E-state index contributed by atoms with van der Waals surface area (Å²) in [5, 5.41) is 13.2. The van der Waals surface area contributed by atoms with Crippen LogP contribution in [0.5, 0.6) is 0 Å². The average Bonchev–Trinajstić information content (AvgIpc) is 2.35. The lowest BCUT2D eigenvalue weighted by molar-refractivity contribution is -0.142. The Hall–Kier alpha value is -1.22. The fourth-order valence-electron chi connectivity index (χ4n) is 2.53. The monoisotopic (exact) mass is 267 g/mol. The Bertz CT molecular complexity index is 447. The number of hydrogen-bond acceptors (Lipinski definition) is 2. The van der Waals surface area contributed by atoms with Crippen LogP contribution < -0.4 is 5.32 Å². The molecule has 1 aliphatic rings. The highest BCUT2D eigenvalue weighted by atomic mass is 35.5. The van der Waals surface area contributed by atoms with E-state index in [1.807, 2.05) is 25.1 Å². The molecular weight excluding hydrogens is 250 g/mol. The number of carboxylic acids is 1. The van der Waals surface area contributed by atoms with Crippen molar-refractivity contribution in [1.29, 1.82) is 0 Å². The van der Waals surface area contributed by atoms with Crippen LogP contribution in [0, 0.1) is 12.8 Å². The number of hydrogen-bond donors (Lipinski definition) is 2. The Kier molecular flexibility index (Phi) is 4.12. The molecule has 1 aromatic rings. The zero-order valence-electron chi connectivity index (χ0n) is 10.4. The van der Waals surface area contributed by atoms with Gasteiger partial charge in [0.1, 0.15) is 0 Å². The van der Waals surface area contributed by atoms with Gasteiger partial charge in [0.15, 0.2) is 0 Å². The summed E-state index contributed by atoms with van der Waals surface area (Å²) in [7, 11) is 0. The molecule has 18 heavy (non-hydrogen) atoms. The van der Waals surface area contributed by atoms with Gasteiger partial charge in [-0.1, -0.05) is 24.1 Å².